The van der Waals surface area contributed by atoms with Crippen LogP contribution in [-0.4, -0.2) is 17.4 Å². The summed E-state index contributed by atoms with van der Waals surface area (Å²) in [5.41, 5.74) is 5.55. The number of rotatable bonds is 4. The van der Waals surface area contributed by atoms with Crippen molar-refractivity contribution >= 4 is 23.2 Å². The van der Waals surface area contributed by atoms with E-state index in [1.54, 1.807) is 12.3 Å². The summed E-state index contributed by atoms with van der Waals surface area (Å²) in [4.78, 5) is 15.9. The molecule has 1 atom stereocenters. The summed E-state index contributed by atoms with van der Waals surface area (Å²) in [7, 11) is 0. The number of carbonyl (C=O) groups is 1. The first kappa shape index (κ1) is 12.9. The molecular formula is C11H16ClN3O. The number of amides is 1. The molecule has 0 aromatic carbocycles. The van der Waals surface area contributed by atoms with E-state index in [4.69, 9.17) is 17.3 Å². The van der Waals surface area contributed by atoms with Crippen LogP contribution < -0.4 is 11.1 Å². The molecule has 16 heavy (non-hydrogen) atoms. The van der Waals surface area contributed by atoms with E-state index >= 15 is 0 Å². The van der Waals surface area contributed by atoms with Gasteiger partial charge in [0.25, 0.3) is 0 Å². The van der Waals surface area contributed by atoms with Crippen molar-refractivity contribution < 1.29 is 4.79 Å². The van der Waals surface area contributed by atoms with Crippen LogP contribution in [0.4, 0.5) is 5.69 Å². The van der Waals surface area contributed by atoms with Gasteiger partial charge in [0.05, 0.1) is 22.3 Å². The van der Waals surface area contributed by atoms with Crippen LogP contribution in [0.5, 0.6) is 0 Å². The van der Waals surface area contributed by atoms with Crippen LogP contribution in [-0.2, 0) is 4.79 Å². The van der Waals surface area contributed by atoms with E-state index in [0.29, 0.717) is 23.7 Å². The SMILES string of the molecule is CCC(C)(CN)C(=O)Nc1cnccc1Cl. The van der Waals surface area contributed by atoms with Crippen molar-refractivity contribution in [3.8, 4) is 0 Å². The summed E-state index contributed by atoms with van der Waals surface area (Å²) >= 11 is 5.92. The third-order valence-corrected chi connectivity index (χ3v) is 3.12. The molecule has 1 heterocycles. The molecule has 0 spiro atoms. The highest BCUT2D eigenvalue weighted by Gasteiger charge is 2.29. The van der Waals surface area contributed by atoms with Gasteiger partial charge in [-0.15, -0.1) is 0 Å². The third kappa shape index (κ3) is 2.71. The number of nitrogens with one attached hydrogen (secondary N) is 1. The smallest absolute Gasteiger partial charge is 0.231 e. The first-order valence-corrected chi connectivity index (χ1v) is 5.52. The summed E-state index contributed by atoms with van der Waals surface area (Å²) in [5, 5.41) is 3.21. The Morgan fingerprint density at radius 3 is 2.88 bits per heavy atom. The second-order valence-corrected chi connectivity index (χ2v) is 4.34. The van der Waals surface area contributed by atoms with Gasteiger partial charge in [-0.2, -0.15) is 0 Å². The van der Waals surface area contributed by atoms with E-state index < -0.39 is 5.41 Å². The molecule has 1 aromatic heterocycles. The molecule has 4 nitrogen and oxygen atoms in total. The normalized spacial score (nSPS) is 14.2. The second kappa shape index (κ2) is 5.27. The van der Waals surface area contributed by atoms with Gasteiger partial charge < -0.3 is 11.1 Å². The number of pyridine rings is 1. The average molecular weight is 242 g/mol. The van der Waals surface area contributed by atoms with E-state index in [0.717, 1.165) is 0 Å². The zero-order valence-electron chi connectivity index (χ0n) is 9.46. The number of hydrogen-bond donors (Lipinski definition) is 2. The molecule has 0 aliphatic heterocycles. The van der Waals surface area contributed by atoms with Crippen molar-refractivity contribution in [1.82, 2.24) is 4.98 Å². The summed E-state index contributed by atoms with van der Waals surface area (Å²) in [6.07, 6.45) is 3.76. The highest BCUT2D eigenvalue weighted by molar-refractivity contribution is 6.33. The molecule has 0 saturated carbocycles. The number of hydrogen-bond acceptors (Lipinski definition) is 3. The highest BCUT2D eigenvalue weighted by Crippen LogP contribution is 2.25. The molecule has 3 N–H and O–H groups in total. The van der Waals surface area contributed by atoms with E-state index in [1.807, 2.05) is 13.8 Å². The molecular weight excluding hydrogens is 226 g/mol. The van der Waals surface area contributed by atoms with Gasteiger partial charge in [-0.05, 0) is 19.4 Å². The molecule has 0 aliphatic rings. The van der Waals surface area contributed by atoms with Crippen molar-refractivity contribution in [2.75, 3.05) is 11.9 Å². The van der Waals surface area contributed by atoms with Crippen LogP contribution in [0.25, 0.3) is 0 Å². The van der Waals surface area contributed by atoms with Gasteiger partial charge >= 0.3 is 0 Å². The predicted molar refractivity (Wildman–Crippen MR) is 65.3 cm³/mol. The van der Waals surface area contributed by atoms with Crippen molar-refractivity contribution in [1.29, 1.82) is 0 Å². The van der Waals surface area contributed by atoms with Gasteiger partial charge in [-0.3, -0.25) is 9.78 Å². The standard InChI is InChI=1S/C11H16ClN3O/c1-3-11(2,7-13)10(16)15-9-6-14-5-4-8(9)12/h4-6H,3,7,13H2,1-2H3,(H,15,16). The minimum Gasteiger partial charge on any atom is -0.329 e. The largest absolute Gasteiger partial charge is 0.329 e. The van der Waals surface area contributed by atoms with Crippen LogP contribution >= 0.6 is 11.6 Å². The lowest BCUT2D eigenvalue weighted by Crippen LogP contribution is -2.39. The molecule has 0 aliphatic carbocycles. The topological polar surface area (TPSA) is 68.0 Å². The lowest BCUT2D eigenvalue weighted by Gasteiger charge is -2.25. The van der Waals surface area contributed by atoms with E-state index in [2.05, 4.69) is 10.3 Å². The first-order valence-electron chi connectivity index (χ1n) is 5.14. The van der Waals surface area contributed by atoms with Gasteiger partial charge in [-0.25, -0.2) is 0 Å². The molecule has 0 fully saturated rings. The van der Waals surface area contributed by atoms with Crippen molar-refractivity contribution in [2.45, 2.75) is 20.3 Å². The Balaban J connectivity index is 2.83. The lowest BCUT2D eigenvalue weighted by molar-refractivity contribution is -0.124. The van der Waals surface area contributed by atoms with Crippen LogP contribution in [0.2, 0.25) is 5.02 Å². The molecule has 1 aromatic rings. The minimum atomic E-state index is -0.570. The van der Waals surface area contributed by atoms with Crippen molar-refractivity contribution in [3.05, 3.63) is 23.5 Å². The fourth-order valence-corrected chi connectivity index (χ4v) is 1.29. The van der Waals surface area contributed by atoms with Gasteiger partial charge in [0, 0.05) is 12.7 Å². The Morgan fingerprint density at radius 2 is 2.38 bits per heavy atom. The van der Waals surface area contributed by atoms with Gasteiger partial charge in [0.15, 0.2) is 0 Å². The van der Waals surface area contributed by atoms with Crippen molar-refractivity contribution in [3.63, 3.8) is 0 Å². The van der Waals surface area contributed by atoms with Gasteiger partial charge in [0.1, 0.15) is 0 Å². The Labute approximate surface area is 100 Å². The maximum Gasteiger partial charge on any atom is 0.231 e. The fraction of sp³-hybridized carbons (Fsp3) is 0.455. The number of halogens is 1. The number of aromatic nitrogens is 1. The van der Waals surface area contributed by atoms with Crippen LogP contribution in [0.3, 0.4) is 0 Å². The molecule has 0 radical (unpaired) electrons. The second-order valence-electron chi connectivity index (χ2n) is 3.93. The Kier molecular flexibility index (Phi) is 4.26. The number of anilines is 1. The van der Waals surface area contributed by atoms with Gasteiger partial charge in [-0.1, -0.05) is 18.5 Å². The first-order chi connectivity index (χ1) is 7.53. The summed E-state index contributed by atoms with van der Waals surface area (Å²) in [5.74, 6) is -0.132. The third-order valence-electron chi connectivity index (χ3n) is 2.80. The monoisotopic (exact) mass is 241 g/mol. The summed E-state index contributed by atoms with van der Waals surface area (Å²) in [6.45, 7) is 4.05. The highest BCUT2D eigenvalue weighted by atomic mass is 35.5. The number of nitrogens with two attached hydrogens (primary N) is 1. The van der Waals surface area contributed by atoms with Crippen LogP contribution in [0.15, 0.2) is 18.5 Å². The summed E-state index contributed by atoms with van der Waals surface area (Å²) < 4.78 is 0. The molecule has 1 rings (SSSR count). The zero-order valence-corrected chi connectivity index (χ0v) is 10.2. The fourth-order valence-electron chi connectivity index (χ4n) is 1.14. The molecule has 1 unspecified atom stereocenters. The van der Waals surface area contributed by atoms with E-state index in [1.165, 1.54) is 6.20 Å². The maximum absolute atomic E-state index is 12.0. The maximum atomic E-state index is 12.0. The summed E-state index contributed by atoms with van der Waals surface area (Å²) in [6, 6.07) is 1.63. The molecule has 0 saturated heterocycles. The van der Waals surface area contributed by atoms with E-state index in [9.17, 15) is 4.79 Å². The number of nitrogens with zero attached hydrogens (tertiary/aromatic N) is 1. The van der Waals surface area contributed by atoms with Crippen molar-refractivity contribution in [2.24, 2.45) is 11.1 Å². The Bertz CT molecular complexity index is 377. The molecule has 5 heteroatoms. The minimum absolute atomic E-state index is 0.132. The number of carbonyl (C=O) groups excluding carboxylic acids is 1. The lowest BCUT2D eigenvalue weighted by atomic mass is 9.86. The quantitative estimate of drug-likeness (QED) is 0.848. The Morgan fingerprint density at radius 1 is 1.69 bits per heavy atom. The molecule has 88 valence electrons. The zero-order chi connectivity index (χ0) is 12.2. The van der Waals surface area contributed by atoms with E-state index in [-0.39, 0.29) is 5.91 Å². The molecule has 1 amide bonds. The Hall–Kier alpha value is -1.13. The van der Waals surface area contributed by atoms with Crippen LogP contribution in [0.1, 0.15) is 20.3 Å². The predicted octanol–water partition coefficient (Wildman–Crippen LogP) is 2.05. The molecule has 0 bridgehead atoms. The van der Waals surface area contributed by atoms with Crippen LogP contribution in [0, 0.1) is 5.41 Å². The van der Waals surface area contributed by atoms with Gasteiger partial charge in [0.2, 0.25) is 5.91 Å². The average Bonchev–Trinajstić information content (AvgIpc) is 2.31.